The van der Waals surface area contributed by atoms with Gasteiger partial charge in [0.05, 0.1) is 0 Å². The first-order valence-electron chi connectivity index (χ1n) is 65.1. The molecule has 0 aliphatic heterocycles. The van der Waals surface area contributed by atoms with Gasteiger partial charge in [0.25, 0.3) is 0 Å². The Kier molecular flexibility index (Phi) is 71.9. The van der Waals surface area contributed by atoms with Gasteiger partial charge in [-0.1, -0.05) is 537 Å². The van der Waals surface area contributed by atoms with E-state index in [1.165, 1.54) is 429 Å². The predicted molar refractivity (Wildman–Crippen MR) is 607 cm³/mol. The van der Waals surface area contributed by atoms with E-state index in [1.54, 1.807) is 180 Å². The second-order valence-electron chi connectivity index (χ2n) is 51.0. The number of hydrogen-bond acceptors (Lipinski definition) is 0. The average molecular weight is 1880 g/mol. The standard InChI is InChI=1S/C26H34.2C20H36.2C14H26.2C8H16.2C6H12.C6H14.C5H10.C3H8/c1-3-4-5-6-8-11-21(2)25-18-19-26(20-25)24-16-14-23(15-17-24)22-12-9-7-10-13-22;2*1-2-6-16-9-10-20(15-16)19-13-11-18(12-14-19)17-7-4-3-5-8-17;2*1-2-6-12-9-10-14(11-12)13-7-4-3-5-8-13;2*1-2-5-8-6-3-4-7-8;2*1-2-4-6-5-3-1;1-3-5-6-4-2;1-2-4-5-3-1;1-3-2/h22-26H,1,7,9-10,12-20H2,2H3;2*16-20H,2-15H2,1H3;2*12-14H,2-11H2,1H3;2*8H,2-7H2,1H3;2*1-6H2;3-6H2,1-2H3;1-5H2;3H2,1-2H3. The van der Waals surface area contributed by atoms with Gasteiger partial charge in [-0.2, -0.15) is 0 Å². The Hall–Kier alpha value is -1.58. The molecule has 0 radical (unpaired) electrons. The summed E-state index contributed by atoms with van der Waals surface area (Å²) in [5, 5.41) is 0. The third-order valence-electron chi connectivity index (χ3n) is 40.3. The van der Waals surface area contributed by atoms with E-state index >= 15 is 0 Å². The van der Waals surface area contributed by atoms with E-state index in [0.717, 1.165) is 130 Å². The highest BCUT2D eigenvalue weighted by molar-refractivity contribution is 5.07. The molecular formula is C136H246. The molecule has 0 nitrogen and oxygen atoms in total. The van der Waals surface area contributed by atoms with Crippen LogP contribution in [-0.2, 0) is 0 Å². The van der Waals surface area contributed by atoms with Crippen molar-refractivity contribution in [2.24, 2.45) is 136 Å². The zero-order chi connectivity index (χ0) is 96.6. The van der Waals surface area contributed by atoms with E-state index in [0.29, 0.717) is 5.92 Å². The first-order valence-corrected chi connectivity index (χ1v) is 65.1. The lowest BCUT2D eigenvalue weighted by Gasteiger charge is -2.37. The van der Waals surface area contributed by atoms with Crippen LogP contribution in [0.4, 0.5) is 0 Å². The fraction of sp³-hybridized carbons (Fsp3) is 0.941. The molecule has 0 saturated heterocycles. The summed E-state index contributed by atoms with van der Waals surface area (Å²) >= 11 is 0. The SMILES string of the molecule is C1CCCC1.C1CCCCC1.C1CCCCC1.C=C=C=C=C=C=C=C(C)C1CCC(C2CCC(C3CCCCC3)CC2)C1.CCC.CCCC1CCC(C2CCC(C3CCCCC3)CC2)C1.CCCC1CCC(C2CCC(C3CCCCC3)CC2)C1.CCCC1CCC(C2CCCCC2)C1.CCCC1CCC(C2CCCCC2)C1.CCCC1CCCC1.CCCC1CCCC1.CCCCCC. The topological polar surface area (TPSA) is 0 Å². The molecule has 18 fully saturated rings. The molecule has 0 spiro atoms. The van der Waals surface area contributed by atoms with E-state index in [4.69, 9.17) is 0 Å². The molecule has 10 unspecified atom stereocenters. The molecule has 18 aliphatic rings. The van der Waals surface area contributed by atoms with Crippen molar-refractivity contribution in [3.05, 3.63) is 46.5 Å². The minimum Gasteiger partial charge on any atom is -0.0687 e. The van der Waals surface area contributed by atoms with Gasteiger partial charge in [0, 0.05) is 0 Å². The molecule has 0 heteroatoms. The minimum absolute atomic E-state index is 0.698. The molecule has 0 N–H and O–H groups in total. The quantitative estimate of drug-likeness (QED) is 0.0667. The van der Waals surface area contributed by atoms with Crippen LogP contribution in [0.15, 0.2) is 46.5 Å². The molecule has 10 atom stereocenters. The molecule has 0 amide bonds. The Bertz CT molecular complexity index is 2750. The molecule has 0 bridgehead atoms. The molecular weight excluding hydrogens is 1630 g/mol. The molecule has 0 heterocycles. The molecule has 18 aliphatic carbocycles. The van der Waals surface area contributed by atoms with Crippen molar-refractivity contribution in [1.82, 2.24) is 0 Å². The Balaban J connectivity index is 0.000000211. The van der Waals surface area contributed by atoms with Gasteiger partial charge < -0.3 is 0 Å². The van der Waals surface area contributed by atoms with Crippen LogP contribution >= 0.6 is 0 Å². The van der Waals surface area contributed by atoms with Crippen molar-refractivity contribution in [3.63, 3.8) is 0 Å². The molecule has 0 aromatic rings. The lowest BCUT2D eigenvalue weighted by atomic mass is 9.68. The van der Waals surface area contributed by atoms with Gasteiger partial charge in [-0.25, -0.2) is 0 Å². The summed E-state index contributed by atoms with van der Waals surface area (Å²) in [6, 6.07) is 0. The molecule has 18 rings (SSSR count). The molecule has 790 valence electrons. The number of hydrogen-bond donors (Lipinski definition) is 0. The lowest BCUT2D eigenvalue weighted by molar-refractivity contribution is 0.139. The highest BCUT2D eigenvalue weighted by atomic mass is 14.5. The maximum absolute atomic E-state index is 3.45. The van der Waals surface area contributed by atoms with E-state index in [2.05, 4.69) is 117 Å². The monoisotopic (exact) mass is 1880 g/mol. The Morgan fingerprint density at radius 3 is 0.581 bits per heavy atom. The zero-order valence-corrected chi connectivity index (χ0v) is 95.0. The van der Waals surface area contributed by atoms with Crippen LogP contribution < -0.4 is 0 Å². The van der Waals surface area contributed by atoms with Crippen LogP contribution in [0, 0.1) is 136 Å². The number of unbranched alkanes of at least 4 members (excludes halogenated alkanes) is 3. The Morgan fingerprint density at radius 1 is 0.176 bits per heavy atom. The van der Waals surface area contributed by atoms with Crippen molar-refractivity contribution in [2.45, 2.75) is 680 Å². The Labute approximate surface area is 856 Å². The van der Waals surface area contributed by atoms with Gasteiger partial charge in [-0.15, -0.1) is 0 Å². The smallest absolute Gasteiger partial charge is 0.000698 e. The molecule has 0 aromatic carbocycles. The molecule has 0 aromatic heterocycles. The van der Waals surface area contributed by atoms with Gasteiger partial charge in [-0.3, -0.25) is 0 Å². The summed E-state index contributed by atoms with van der Waals surface area (Å²) < 4.78 is 0. The van der Waals surface area contributed by atoms with Crippen molar-refractivity contribution in [2.75, 3.05) is 0 Å². The third-order valence-corrected chi connectivity index (χ3v) is 40.3. The fourth-order valence-corrected chi connectivity index (χ4v) is 32.2. The summed E-state index contributed by atoms with van der Waals surface area (Å²) in [6.07, 6.45) is 142. The van der Waals surface area contributed by atoms with E-state index in [1.807, 2.05) is 0 Å². The summed E-state index contributed by atoms with van der Waals surface area (Å²) in [6.45, 7) is 28.4. The van der Waals surface area contributed by atoms with E-state index in [9.17, 15) is 0 Å². The van der Waals surface area contributed by atoms with Gasteiger partial charge in [0.2, 0.25) is 0 Å². The first kappa shape index (κ1) is 121. The van der Waals surface area contributed by atoms with Crippen molar-refractivity contribution >= 4 is 0 Å². The minimum atomic E-state index is 0.698. The summed E-state index contributed by atoms with van der Waals surface area (Å²) in [5.41, 5.74) is 18.2. The van der Waals surface area contributed by atoms with Crippen LogP contribution in [-0.4, -0.2) is 0 Å². The van der Waals surface area contributed by atoms with Gasteiger partial charge >= 0.3 is 0 Å². The summed E-state index contributed by atoms with van der Waals surface area (Å²) in [4.78, 5) is 0. The maximum Gasteiger partial charge on any atom is -0.000698 e. The van der Waals surface area contributed by atoms with E-state index in [-0.39, 0.29) is 0 Å². The van der Waals surface area contributed by atoms with Crippen LogP contribution in [0.2, 0.25) is 0 Å². The molecule has 136 heavy (non-hydrogen) atoms. The lowest BCUT2D eigenvalue weighted by Crippen LogP contribution is -2.26. The average Bonchev–Trinajstić information content (AvgIpc) is 1.56. The van der Waals surface area contributed by atoms with Crippen molar-refractivity contribution < 1.29 is 0 Å². The zero-order valence-electron chi connectivity index (χ0n) is 95.0. The second-order valence-corrected chi connectivity index (χ2v) is 51.0. The second kappa shape index (κ2) is 80.6. The maximum atomic E-state index is 3.45. The third kappa shape index (κ3) is 52.6. The van der Waals surface area contributed by atoms with Gasteiger partial charge in [-0.05, 0) is 326 Å². The van der Waals surface area contributed by atoms with Crippen LogP contribution in [0.3, 0.4) is 0 Å². The highest BCUT2D eigenvalue weighted by Gasteiger charge is 2.40. The van der Waals surface area contributed by atoms with Gasteiger partial charge in [0.15, 0.2) is 0 Å². The summed E-state index contributed by atoms with van der Waals surface area (Å²) in [5.74, 6) is 24.9. The van der Waals surface area contributed by atoms with E-state index < -0.39 is 0 Å². The van der Waals surface area contributed by atoms with Gasteiger partial charge in [0.1, 0.15) is 0 Å². The first-order chi connectivity index (χ1) is 67.0. The van der Waals surface area contributed by atoms with Crippen LogP contribution in [0.5, 0.6) is 0 Å². The largest absolute Gasteiger partial charge is 0.0687 e. The normalized spacial score (nSPS) is 31.1. The van der Waals surface area contributed by atoms with Crippen LogP contribution in [0.25, 0.3) is 0 Å². The number of allylic oxidation sites excluding steroid dienone is 1. The van der Waals surface area contributed by atoms with Crippen LogP contribution in [0.1, 0.15) is 680 Å². The number of rotatable bonds is 24. The van der Waals surface area contributed by atoms with Crippen molar-refractivity contribution in [1.29, 1.82) is 0 Å². The Morgan fingerprint density at radius 2 is 0.353 bits per heavy atom. The molecule has 18 saturated carbocycles. The highest BCUT2D eigenvalue weighted by Crippen LogP contribution is 2.53. The fourth-order valence-electron chi connectivity index (χ4n) is 32.2. The predicted octanol–water partition coefficient (Wildman–Crippen LogP) is 46.6. The van der Waals surface area contributed by atoms with Crippen molar-refractivity contribution in [3.8, 4) is 0 Å². The summed E-state index contributed by atoms with van der Waals surface area (Å²) in [7, 11) is 0.